The highest BCUT2D eigenvalue weighted by molar-refractivity contribution is 5.96. The van der Waals surface area contributed by atoms with Crippen molar-refractivity contribution in [3.63, 3.8) is 0 Å². The van der Waals surface area contributed by atoms with Crippen molar-refractivity contribution in [2.45, 2.75) is 0 Å². The van der Waals surface area contributed by atoms with Crippen LogP contribution in [0.4, 0.5) is 5.69 Å². The molecule has 2 aromatic rings. The number of para-hydroxylation sites is 1. The van der Waals surface area contributed by atoms with Gasteiger partial charge >= 0.3 is 0 Å². The molecule has 0 spiro atoms. The van der Waals surface area contributed by atoms with Crippen molar-refractivity contribution >= 4 is 22.5 Å². The molecule has 0 bridgehead atoms. The number of pyridine rings is 1. The van der Waals surface area contributed by atoms with Gasteiger partial charge in [-0.3, -0.25) is 14.9 Å². The van der Waals surface area contributed by atoms with Crippen LogP contribution in [0.3, 0.4) is 0 Å². The molecule has 1 N–H and O–H groups in total. The van der Waals surface area contributed by atoms with Crippen LogP contribution in [0.5, 0.6) is 0 Å². The molecule has 6 nitrogen and oxygen atoms in total. The summed E-state index contributed by atoms with van der Waals surface area (Å²) in [4.78, 5) is 26.2. The van der Waals surface area contributed by atoms with Crippen LogP contribution >= 0.6 is 0 Å². The van der Waals surface area contributed by atoms with Gasteiger partial charge in [-0.25, -0.2) is 4.98 Å². The number of carbonyl (C=O) groups is 1. The van der Waals surface area contributed by atoms with Gasteiger partial charge in [-0.2, -0.15) is 0 Å². The fraction of sp³-hybridized carbons (Fsp3) is 0.0769. The van der Waals surface area contributed by atoms with Gasteiger partial charge in [-0.1, -0.05) is 24.3 Å². The number of amides is 1. The second-order valence-electron chi connectivity index (χ2n) is 3.80. The lowest BCUT2D eigenvalue weighted by Crippen LogP contribution is -2.24. The number of fused-ring (bicyclic) bond motifs is 1. The topological polar surface area (TPSA) is 85.1 Å². The van der Waals surface area contributed by atoms with Crippen molar-refractivity contribution < 1.29 is 9.72 Å². The van der Waals surface area contributed by atoms with Gasteiger partial charge in [0.15, 0.2) is 0 Å². The lowest BCUT2D eigenvalue weighted by molar-refractivity contribution is -0.383. The third-order valence-electron chi connectivity index (χ3n) is 2.54. The van der Waals surface area contributed by atoms with E-state index in [1.807, 2.05) is 0 Å². The zero-order chi connectivity index (χ0) is 13.8. The molecule has 19 heavy (non-hydrogen) atoms. The molecule has 0 fully saturated rings. The van der Waals surface area contributed by atoms with Crippen LogP contribution < -0.4 is 5.32 Å². The number of benzene rings is 1. The average molecular weight is 257 g/mol. The molecule has 6 heteroatoms. The minimum atomic E-state index is -0.513. The average Bonchev–Trinajstić information content (AvgIpc) is 2.43. The van der Waals surface area contributed by atoms with Gasteiger partial charge in [-0.05, 0) is 6.07 Å². The van der Waals surface area contributed by atoms with E-state index in [1.54, 1.807) is 24.3 Å². The number of hydrogen-bond donors (Lipinski definition) is 1. The Kier molecular flexibility index (Phi) is 3.51. The molecule has 0 aliphatic heterocycles. The van der Waals surface area contributed by atoms with Crippen molar-refractivity contribution in [3.8, 4) is 0 Å². The monoisotopic (exact) mass is 257 g/mol. The van der Waals surface area contributed by atoms with Crippen molar-refractivity contribution in [2.24, 2.45) is 0 Å². The van der Waals surface area contributed by atoms with Crippen LogP contribution in [0.1, 0.15) is 10.5 Å². The Morgan fingerprint density at radius 2 is 2.21 bits per heavy atom. The summed E-state index contributed by atoms with van der Waals surface area (Å²) in [6.07, 6.45) is 1.54. The Labute approximate surface area is 108 Å². The molecule has 0 aliphatic carbocycles. The highest BCUT2D eigenvalue weighted by Crippen LogP contribution is 2.23. The molecule has 0 radical (unpaired) electrons. The molecule has 2 rings (SSSR count). The van der Waals surface area contributed by atoms with Crippen LogP contribution in [0.25, 0.3) is 10.9 Å². The van der Waals surface area contributed by atoms with E-state index in [0.717, 1.165) is 0 Å². The van der Waals surface area contributed by atoms with Gasteiger partial charge in [0.25, 0.3) is 11.6 Å². The first-order chi connectivity index (χ1) is 9.13. The Morgan fingerprint density at radius 1 is 1.42 bits per heavy atom. The van der Waals surface area contributed by atoms with E-state index >= 15 is 0 Å². The maximum Gasteiger partial charge on any atom is 0.295 e. The summed E-state index contributed by atoms with van der Waals surface area (Å²) in [5.74, 6) is -0.389. The molecule has 1 aromatic carbocycles. The van der Waals surface area contributed by atoms with Gasteiger partial charge in [0.2, 0.25) is 0 Å². The van der Waals surface area contributed by atoms with Gasteiger partial charge in [0.05, 0.1) is 4.92 Å². The number of carbonyl (C=O) groups excluding carboxylic acids is 1. The van der Waals surface area contributed by atoms with E-state index in [1.165, 1.54) is 12.1 Å². The lowest BCUT2D eigenvalue weighted by atomic mass is 10.1. The SMILES string of the molecule is C=CCNC(=O)c1ccc2cccc([N+](=O)[O-])c2n1. The number of nitrogens with one attached hydrogen (secondary N) is 1. The van der Waals surface area contributed by atoms with Gasteiger partial charge in [-0.15, -0.1) is 6.58 Å². The van der Waals surface area contributed by atoms with Crippen molar-refractivity contribution in [1.82, 2.24) is 10.3 Å². The van der Waals surface area contributed by atoms with E-state index in [2.05, 4.69) is 16.9 Å². The molecule has 0 unspecified atom stereocenters. The smallest absolute Gasteiger partial charge is 0.295 e. The first kappa shape index (κ1) is 12.7. The summed E-state index contributed by atoms with van der Waals surface area (Å²) in [6, 6.07) is 7.82. The third kappa shape index (κ3) is 2.57. The molecule has 0 saturated carbocycles. The molecule has 96 valence electrons. The maximum atomic E-state index is 11.7. The van der Waals surface area contributed by atoms with Crippen LogP contribution in [0.15, 0.2) is 43.0 Å². The molecule has 1 aromatic heterocycles. The lowest BCUT2D eigenvalue weighted by Gasteiger charge is -2.03. The largest absolute Gasteiger partial charge is 0.347 e. The van der Waals surface area contributed by atoms with Crippen LogP contribution in [0.2, 0.25) is 0 Å². The Hall–Kier alpha value is -2.76. The predicted octanol–water partition coefficient (Wildman–Crippen LogP) is 2.06. The van der Waals surface area contributed by atoms with Crippen LogP contribution in [-0.4, -0.2) is 22.4 Å². The maximum absolute atomic E-state index is 11.7. The summed E-state index contributed by atoms with van der Waals surface area (Å²) < 4.78 is 0. The molecule has 1 heterocycles. The van der Waals surface area contributed by atoms with Crippen molar-refractivity contribution in [2.75, 3.05) is 6.54 Å². The number of hydrogen-bond acceptors (Lipinski definition) is 4. The quantitative estimate of drug-likeness (QED) is 0.516. The van der Waals surface area contributed by atoms with Gasteiger partial charge in [0, 0.05) is 18.0 Å². The third-order valence-corrected chi connectivity index (χ3v) is 2.54. The minimum absolute atomic E-state index is 0.115. The molecular weight excluding hydrogens is 246 g/mol. The van der Waals surface area contributed by atoms with Crippen LogP contribution in [0, 0.1) is 10.1 Å². The highest BCUT2D eigenvalue weighted by Gasteiger charge is 2.15. The second-order valence-corrected chi connectivity index (χ2v) is 3.80. The van der Waals surface area contributed by atoms with Gasteiger partial charge < -0.3 is 5.32 Å². The number of nitro benzene ring substituents is 1. The van der Waals surface area contributed by atoms with Crippen LogP contribution in [-0.2, 0) is 0 Å². The Balaban J connectivity index is 2.49. The standard InChI is InChI=1S/C13H11N3O3/c1-2-8-14-13(17)10-7-6-9-4-3-5-11(16(18)19)12(9)15-10/h2-7H,1,8H2,(H,14,17). The van der Waals surface area contributed by atoms with E-state index in [9.17, 15) is 14.9 Å². The summed E-state index contributed by atoms with van der Waals surface area (Å²) in [6.45, 7) is 3.80. The number of nitrogens with zero attached hydrogens (tertiary/aromatic N) is 2. The summed E-state index contributed by atoms with van der Waals surface area (Å²) in [7, 11) is 0. The zero-order valence-electron chi connectivity index (χ0n) is 10.00. The van der Waals surface area contributed by atoms with E-state index in [-0.39, 0.29) is 22.8 Å². The Morgan fingerprint density at radius 3 is 2.89 bits per heavy atom. The van der Waals surface area contributed by atoms with Crippen molar-refractivity contribution in [3.05, 3.63) is 58.8 Å². The summed E-state index contributed by atoms with van der Waals surface area (Å²) in [5.41, 5.74) is 0.235. The highest BCUT2D eigenvalue weighted by atomic mass is 16.6. The summed E-state index contributed by atoms with van der Waals surface area (Å²) >= 11 is 0. The first-order valence-corrected chi connectivity index (χ1v) is 5.56. The Bertz CT molecular complexity index is 667. The number of nitro groups is 1. The molecule has 1 amide bonds. The molecule has 0 saturated heterocycles. The van der Waals surface area contributed by atoms with Gasteiger partial charge in [0.1, 0.15) is 11.2 Å². The molecule has 0 aliphatic rings. The predicted molar refractivity (Wildman–Crippen MR) is 70.9 cm³/mol. The molecule has 0 atom stereocenters. The first-order valence-electron chi connectivity index (χ1n) is 5.56. The molecular formula is C13H11N3O3. The minimum Gasteiger partial charge on any atom is -0.347 e. The number of aromatic nitrogens is 1. The normalized spacial score (nSPS) is 10.1. The zero-order valence-corrected chi connectivity index (χ0v) is 10.00. The van der Waals surface area contributed by atoms with Crippen molar-refractivity contribution in [1.29, 1.82) is 0 Å². The number of rotatable bonds is 4. The van der Waals surface area contributed by atoms with E-state index in [0.29, 0.717) is 11.9 Å². The fourth-order valence-electron chi connectivity index (χ4n) is 1.66. The van der Waals surface area contributed by atoms with E-state index < -0.39 is 4.92 Å². The fourth-order valence-corrected chi connectivity index (χ4v) is 1.66. The summed E-state index contributed by atoms with van der Waals surface area (Å²) in [5, 5.41) is 14.1. The second kappa shape index (κ2) is 5.26. The van der Waals surface area contributed by atoms with E-state index in [4.69, 9.17) is 0 Å². The number of non-ortho nitro benzene ring substituents is 1.